The van der Waals surface area contributed by atoms with E-state index in [0.29, 0.717) is 19.6 Å². The first-order chi connectivity index (χ1) is 13.1. The van der Waals surface area contributed by atoms with E-state index in [1.165, 1.54) is 6.07 Å². The molecule has 7 nitrogen and oxygen atoms in total. The second-order valence-electron chi connectivity index (χ2n) is 7.77. The van der Waals surface area contributed by atoms with E-state index in [1.807, 2.05) is 6.92 Å². The van der Waals surface area contributed by atoms with Gasteiger partial charge in [-0.15, -0.1) is 0 Å². The van der Waals surface area contributed by atoms with Gasteiger partial charge in [0.15, 0.2) is 0 Å². The number of nitrogens with one attached hydrogen (secondary N) is 2. The summed E-state index contributed by atoms with van der Waals surface area (Å²) in [7, 11) is 0. The molecule has 2 saturated heterocycles. The molecule has 2 aliphatic rings. The van der Waals surface area contributed by atoms with Crippen molar-refractivity contribution in [1.82, 2.24) is 15.5 Å². The lowest BCUT2D eigenvalue weighted by molar-refractivity contribution is -0.137. The van der Waals surface area contributed by atoms with E-state index in [-0.39, 0.29) is 23.4 Å². The molecule has 2 heterocycles. The van der Waals surface area contributed by atoms with Gasteiger partial charge in [-0.05, 0) is 38.5 Å². The van der Waals surface area contributed by atoms with Crippen molar-refractivity contribution in [3.8, 4) is 0 Å². The van der Waals surface area contributed by atoms with Crippen LogP contribution in [0.3, 0.4) is 0 Å². The van der Waals surface area contributed by atoms with Crippen LogP contribution in [0, 0.1) is 11.7 Å². The van der Waals surface area contributed by atoms with Gasteiger partial charge in [0.1, 0.15) is 11.4 Å². The average molecular weight is 411 g/mol. The third-order valence-electron chi connectivity index (χ3n) is 5.43. The maximum atomic E-state index is 13.4. The Morgan fingerprint density at radius 2 is 2.11 bits per heavy atom. The molecule has 4 amide bonds. The van der Waals surface area contributed by atoms with Gasteiger partial charge < -0.3 is 15.1 Å². The molecule has 0 bridgehead atoms. The smallest absolute Gasteiger partial charge is 0.322 e. The van der Waals surface area contributed by atoms with Gasteiger partial charge in [0.2, 0.25) is 5.91 Å². The fourth-order valence-electron chi connectivity index (χ4n) is 3.94. The highest BCUT2D eigenvalue weighted by Gasteiger charge is 2.44. The molecule has 3 atom stereocenters. The van der Waals surface area contributed by atoms with Gasteiger partial charge in [-0.25, -0.2) is 9.18 Å². The molecule has 1 aromatic rings. The molecule has 9 heteroatoms. The van der Waals surface area contributed by atoms with Gasteiger partial charge in [0, 0.05) is 37.3 Å². The molecule has 0 saturated carbocycles. The van der Waals surface area contributed by atoms with Gasteiger partial charge in [0.25, 0.3) is 5.91 Å². The summed E-state index contributed by atoms with van der Waals surface area (Å²) < 4.78 is 13.4. The molecule has 2 fully saturated rings. The zero-order chi connectivity index (χ0) is 20.6. The van der Waals surface area contributed by atoms with Crippen LogP contribution in [0.2, 0.25) is 5.02 Å². The fraction of sp³-hybridized carbons (Fsp3) is 0.526. The Kier molecular flexibility index (Phi) is 5.52. The zero-order valence-corrected chi connectivity index (χ0v) is 16.8. The summed E-state index contributed by atoms with van der Waals surface area (Å²) in [6.07, 6.45) is 0.228. The van der Waals surface area contributed by atoms with Crippen molar-refractivity contribution in [3.63, 3.8) is 0 Å². The Bertz CT molecular complexity index is 820. The van der Waals surface area contributed by atoms with Crippen LogP contribution in [0.15, 0.2) is 18.2 Å². The fourth-order valence-corrected chi connectivity index (χ4v) is 4.11. The zero-order valence-electron chi connectivity index (χ0n) is 16.1. The normalized spacial score (nSPS) is 26.1. The number of hydrogen-bond donors (Lipinski definition) is 2. The van der Waals surface area contributed by atoms with Crippen molar-refractivity contribution in [3.05, 3.63) is 29.0 Å². The van der Waals surface area contributed by atoms with Crippen molar-refractivity contribution < 1.29 is 18.8 Å². The topological polar surface area (TPSA) is 81.8 Å². The molecule has 1 unspecified atom stereocenters. The second kappa shape index (κ2) is 7.58. The van der Waals surface area contributed by atoms with Crippen molar-refractivity contribution in [1.29, 1.82) is 0 Å². The maximum absolute atomic E-state index is 13.4. The first-order valence-electron chi connectivity index (χ1n) is 9.25. The lowest BCUT2D eigenvalue weighted by atomic mass is 9.89. The van der Waals surface area contributed by atoms with Crippen LogP contribution in [-0.4, -0.2) is 54.0 Å². The number of hydrogen-bond acceptors (Lipinski definition) is 4. The van der Waals surface area contributed by atoms with Crippen LogP contribution in [0.4, 0.5) is 14.9 Å². The summed E-state index contributed by atoms with van der Waals surface area (Å²) in [5.74, 6) is -1.35. The third kappa shape index (κ3) is 3.92. The van der Waals surface area contributed by atoms with Crippen LogP contribution < -0.4 is 15.5 Å². The first kappa shape index (κ1) is 20.4. The van der Waals surface area contributed by atoms with Crippen molar-refractivity contribution >= 4 is 35.1 Å². The Morgan fingerprint density at radius 1 is 1.39 bits per heavy atom. The molecule has 2 N–H and O–H groups in total. The van der Waals surface area contributed by atoms with Gasteiger partial charge in [0.05, 0.1) is 5.02 Å². The van der Waals surface area contributed by atoms with E-state index in [0.717, 1.165) is 5.69 Å². The van der Waals surface area contributed by atoms with Gasteiger partial charge >= 0.3 is 6.03 Å². The number of halogens is 2. The lowest BCUT2D eigenvalue weighted by Crippen LogP contribution is -2.55. The summed E-state index contributed by atoms with van der Waals surface area (Å²) >= 11 is 5.89. The number of nitrogens with zero attached hydrogens (tertiary/aromatic N) is 2. The molecule has 0 spiro atoms. The number of amides is 4. The van der Waals surface area contributed by atoms with Crippen molar-refractivity contribution in [2.75, 3.05) is 24.5 Å². The molecule has 152 valence electrons. The molecule has 3 rings (SSSR count). The Morgan fingerprint density at radius 3 is 2.68 bits per heavy atom. The maximum Gasteiger partial charge on any atom is 0.322 e. The van der Waals surface area contributed by atoms with Crippen LogP contribution in [0.1, 0.15) is 27.2 Å². The van der Waals surface area contributed by atoms with E-state index in [1.54, 1.807) is 30.9 Å². The van der Waals surface area contributed by atoms with E-state index in [9.17, 15) is 18.8 Å². The summed E-state index contributed by atoms with van der Waals surface area (Å²) in [6.45, 7) is 6.99. The number of rotatable bonds is 4. The summed E-state index contributed by atoms with van der Waals surface area (Å²) in [4.78, 5) is 40.1. The highest BCUT2D eigenvalue weighted by atomic mass is 35.5. The predicted molar refractivity (Wildman–Crippen MR) is 104 cm³/mol. The lowest BCUT2D eigenvalue weighted by Gasteiger charge is -2.42. The minimum Gasteiger partial charge on any atom is -0.365 e. The highest BCUT2D eigenvalue weighted by molar-refractivity contribution is 6.31. The monoisotopic (exact) mass is 410 g/mol. The Balaban J connectivity index is 1.63. The van der Waals surface area contributed by atoms with Gasteiger partial charge in [-0.2, -0.15) is 0 Å². The molecule has 2 aliphatic heterocycles. The Hall–Kier alpha value is -2.35. The largest absolute Gasteiger partial charge is 0.365 e. The van der Waals surface area contributed by atoms with Crippen LogP contribution >= 0.6 is 11.6 Å². The highest BCUT2D eigenvalue weighted by Crippen LogP contribution is 2.27. The predicted octanol–water partition coefficient (Wildman–Crippen LogP) is 2.14. The number of carbonyl (C=O) groups is 3. The summed E-state index contributed by atoms with van der Waals surface area (Å²) in [5, 5.41) is 4.88. The molecular formula is C19H24ClFN4O3. The van der Waals surface area contributed by atoms with Crippen molar-refractivity contribution in [2.24, 2.45) is 5.92 Å². The molecular weight excluding hydrogens is 387 g/mol. The second-order valence-corrected chi connectivity index (χ2v) is 8.18. The van der Waals surface area contributed by atoms with Crippen LogP contribution in [0.5, 0.6) is 0 Å². The molecule has 0 aliphatic carbocycles. The minimum atomic E-state index is -1.08. The molecule has 0 radical (unpaired) electrons. The quantitative estimate of drug-likeness (QED) is 0.745. The van der Waals surface area contributed by atoms with E-state index in [4.69, 9.17) is 11.6 Å². The molecule has 1 aromatic carbocycles. The first-order valence-corrected chi connectivity index (χ1v) is 9.62. The number of benzene rings is 1. The van der Waals surface area contributed by atoms with Crippen LogP contribution in [0.25, 0.3) is 0 Å². The molecule has 0 aromatic heterocycles. The summed E-state index contributed by atoms with van der Waals surface area (Å²) in [5.41, 5.74) is -0.262. The molecule has 28 heavy (non-hydrogen) atoms. The van der Waals surface area contributed by atoms with E-state index >= 15 is 0 Å². The van der Waals surface area contributed by atoms with E-state index < -0.39 is 29.2 Å². The Labute approximate surface area is 168 Å². The van der Waals surface area contributed by atoms with Gasteiger partial charge in [-0.3, -0.25) is 14.9 Å². The van der Waals surface area contributed by atoms with Crippen LogP contribution in [-0.2, 0) is 9.59 Å². The number of anilines is 1. The average Bonchev–Trinajstić information content (AvgIpc) is 2.88. The number of piperazine rings is 1. The summed E-state index contributed by atoms with van der Waals surface area (Å²) in [6, 6.07) is 4.10. The number of imide groups is 1. The third-order valence-corrected chi connectivity index (χ3v) is 5.72. The van der Waals surface area contributed by atoms with Crippen molar-refractivity contribution in [2.45, 2.75) is 38.8 Å². The standard InChI is InChI=1S/C19H24ClFN4O3/c1-11(9-19(3)17(27)22-18(28)23-19)16(26)24-6-7-25(12(2)10-24)13-4-5-15(21)14(20)8-13/h4-5,8,11-12H,6-7,9-10H2,1-3H3,(H2,22,23,27,28)/t11?,12-,19+/m0/s1. The minimum absolute atomic E-state index is 0.0245. The van der Waals surface area contributed by atoms with Gasteiger partial charge in [-0.1, -0.05) is 18.5 Å². The number of urea groups is 1. The number of carbonyl (C=O) groups excluding carboxylic acids is 3. The van der Waals surface area contributed by atoms with E-state index in [2.05, 4.69) is 15.5 Å². The SMILES string of the molecule is CC(C[C@@]1(C)NC(=O)NC1=O)C(=O)N1CCN(c2ccc(F)c(Cl)c2)[C@@H](C)C1.